The van der Waals surface area contributed by atoms with Crippen LogP contribution in [-0.2, 0) is 4.79 Å². The van der Waals surface area contributed by atoms with Gasteiger partial charge in [-0.05, 0) is 48.5 Å². The number of carbonyl (C=O) groups excluding carboxylic acids is 1. The van der Waals surface area contributed by atoms with Gasteiger partial charge in [0.25, 0.3) is 0 Å². The van der Waals surface area contributed by atoms with Gasteiger partial charge in [0.1, 0.15) is 0 Å². The van der Waals surface area contributed by atoms with Gasteiger partial charge in [0.05, 0.1) is 0 Å². The summed E-state index contributed by atoms with van der Waals surface area (Å²) in [7, 11) is 0. The molecule has 124 valence electrons. The molecule has 0 radical (unpaired) electrons. The number of halogens is 1. The van der Waals surface area contributed by atoms with Crippen LogP contribution >= 0.6 is 12.4 Å². The number of rotatable bonds is 2. The third-order valence-corrected chi connectivity index (χ3v) is 6.92. The molecular formula is C19H25ClN2O. The Labute approximate surface area is 144 Å². The van der Waals surface area contributed by atoms with Crippen LogP contribution in [0.25, 0.3) is 0 Å². The van der Waals surface area contributed by atoms with Crippen molar-refractivity contribution in [3.8, 4) is 0 Å². The number of hydrogen-bond donors (Lipinski definition) is 1. The van der Waals surface area contributed by atoms with Crippen molar-refractivity contribution in [1.29, 1.82) is 0 Å². The smallest absolute Gasteiger partial charge is 0.226 e. The Morgan fingerprint density at radius 3 is 2.35 bits per heavy atom. The first kappa shape index (κ1) is 15.5. The Morgan fingerprint density at radius 2 is 1.70 bits per heavy atom. The van der Waals surface area contributed by atoms with E-state index in [1.54, 1.807) is 0 Å². The summed E-state index contributed by atoms with van der Waals surface area (Å²) < 4.78 is 0. The van der Waals surface area contributed by atoms with E-state index in [1.165, 1.54) is 24.8 Å². The predicted molar refractivity (Wildman–Crippen MR) is 92.3 cm³/mol. The maximum atomic E-state index is 12.9. The fourth-order valence-electron chi connectivity index (χ4n) is 5.93. The zero-order valence-corrected chi connectivity index (χ0v) is 14.1. The highest BCUT2D eigenvalue weighted by atomic mass is 35.5. The zero-order chi connectivity index (χ0) is 14.8. The lowest BCUT2D eigenvalue weighted by Gasteiger charge is -2.18. The van der Waals surface area contributed by atoms with Crippen LogP contribution in [0.2, 0.25) is 0 Å². The van der Waals surface area contributed by atoms with Gasteiger partial charge in [-0.3, -0.25) is 4.79 Å². The molecule has 3 nitrogen and oxygen atoms in total. The number of amides is 1. The summed E-state index contributed by atoms with van der Waals surface area (Å²) in [5, 5.41) is 0. The van der Waals surface area contributed by atoms with E-state index in [1.807, 2.05) is 6.07 Å². The van der Waals surface area contributed by atoms with Crippen LogP contribution in [0.1, 0.15) is 30.7 Å². The second-order valence-corrected chi connectivity index (χ2v) is 7.94. The van der Waals surface area contributed by atoms with Gasteiger partial charge >= 0.3 is 0 Å². The number of hydrogen-bond acceptors (Lipinski definition) is 2. The summed E-state index contributed by atoms with van der Waals surface area (Å²) in [6.45, 7) is 1.55. The lowest BCUT2D eigenvalue weighted by atomic mass is 9.95. The molecule has 2 N–H and O–H groups in total. The van der Waals surface area contributed by atoms with Crippen molar-refractivity contribution in [2.24, 2.45) is 35.3 Å². The van der Waals surface area contributed by atoms with Crippen LogP contribution in [0.15, 0.2) is 30.3 Å². The van der Waals surface area contributed by atoms with E-state index in [0.29, 0.717) is 17.7 Å². The monoisotopic (exact) mass is 332 g/mol. The molecule has 4 heteroatoms. The second-order valence-electron chi connectivity index (χ2n) is 7.94. The van der Waals surface area contributed by atoms with E-state index in [2.05, 4.69) is 29.2 Å². The van der Waals surface area contributed by atoms with E-state index in [-0.39, 0.29) is 18.4 Å². The Bertz CT molecular complexity index is 591. The van der Waals surface area contributed by atoms with Gasteiger partial charge in [0, 0.05) is 31.0 Å². The van der Waals surface area contributed by atoms with E-state index < -0.39 is 0 Å². The summed E-state index contributed by atoms with van der Waals surface area (Å²) in [6.07, 6.45) is 4.16. The van der Waals surface area contributed by atoms with E-state index in [0.717, 1.165) is 36.8 Å². The predicted octanol–water partition coefficient (Wildman–Crippen LogP) is 2.65. The average molecular weight is 333 g/mol. The summed E-state index contributed by atoms with van der Waals surface area (Å²) in [6, 6.07) is 10.5. The first-order valence-electron chi connectivity index (χ1n) is 8.83. The summed E-state index contributed by atoms with van der Waals surface area (Å²) in [5.74, 6) is 4.28. The van der Waals surface area contributed by atoms with Crippen molar-refractivity contribution in [1.82, 2.24) is 4.90 Å². The van der Waals surface area contributed by atoms with Gasteiger partial charge in [-0.2, -0.15) is 0 Å². The average Bonchev–Trinajstić information content (AvgIpc) is 2.87. The molecule has 1 aliphatic heterocycles. The highest BCUT2D eigenvalue weighted by molar-refractivity contribution is 5.85. The van der Waals surface area contributed by atoms with E-state index in [4.69, 9.17) is 5.73 Å². The van der Waals surface area contributed by atoms with Crippen molar-refractivity contribution in [2.75, 3.05) is 13.1 Å². The number of benzene rings is 1. The van der Waals surface area contributed by atoms with Gasteiger partial charge < -0.3 is 10.6 Å². The standard InChI is InChI=1S/C19H24N2O.ClH/c20-15-10-21(9-14(15)11-4-2-1-3-5-11)19(22)18-16-12-6-7-13(8-12)17(16)18;/h1-5,12-18H,6-10,20H2;1H/t12?,13?,14-,15+,16?,17?,18?;/m0./s1. The molecule has 1 amide bonds. The van der Waals surface area contributed by atoms with Crippen LogP contribution in [0, 0.1) is 29.6 Å². The molecule has 4 fully saturated rings. The van der Waals surface area contributed by atoms with Gasteiger partial charge in [-0.1, -0.05) is 30.3 Å². The molecule has 3 aliphatic carbocycles. The molecule has 3 saturated carbocycles. The fourth-order valence-corrected chi connectivity index (χ4v) is 5.93. The molecule has 4 unspecified atom stereocenters. The Balaban J connectivity index is 0.00000135. The number of nitrogens with zero attached hydrogens (tertiary/aromatic N) is 1. The third kappa shape index (κ3) is 2.24. The van der Waals surface area contributed by atoms with Crippen molar-refractivity contribution in [3.63, 3.8) is 0 Å². The van der Waals surface area contributed by atoms with Crippen LogP contribution in [0.4, 0.5) is 0 Å². The van der Waals surface area contributed by atoms with Crippen molar-refractivity contribution in [3.05, 3.63) is 35.9 Å². The van der Waals surface area contributed by atoms with Crippen molar-refractivity contribution in [2.45, 2.75) is 31.2 Å². The molecule has 0 spiro atoms. The minimum atomic E-state index is 0. The normalized spacial score (nSPS) is 43.2. The molecule has 1 heterocycles. The number of nitrogens with two attached hydrogens (primary N) is 1. The molecule has 1 aromatic carbocycles. The van der Waals surface area contributed by atoms with Crippen LogP contribution in [0.5, 0.6) is 0 Å². The van der Waals surface area contributed by atoms with Gasteiger partial charge in [0.15, 0.2) is 0 Å². The molecule has 0 aromatic heterocycles. The molecule has 23 heavy (non-hydrogen) atoms. The van der Waals surface area contributed by atoms with Crippen molar-refractivity contribution < 1.29 is 4.79 Å². The molecule has 1 aromatic rings. The minimum Gasteiger partial charge on any atom is -0.340 e. The maximum Gasteiger partial charge on any atom is 0.226 e. The molecule has 4 aliphatic rings. The number of carbonyl (C=O) groups is 1. The van der Waals surface area contributed by atoms with Gasteiger partial charge in [-0.15, -0.1) is 12.4 Å². The maximum absolute atomic E-state index is 12.9. The Morgan fingerprint density at radius 1 is 1.04 bits per heavy atom. The van der Waals surface area contributed by atoms with Gasteiger partial charge in [0.2, 0.25) is 5.91 Å². The number of fused-ring (bicyclic) bond motifs is 5. The van der Waals surface area contributed by atoms with E-state index in [9.17, 15) is 4.79 Å². The Hall–Kier alpha value is -1.06. The first-order chi connectivity index (χ1) is 10.7. The lowest BCUT2D eigenvalue weighted by Crippen LogP contribution is -2.34. The van der Waals surface area contributed by atoms with E-state index >= 15 is 0 Å². The minimum absolute atomic E-state index is 0. The summed E-state index contributed by atoms with van der Waals surface area (Å²) in [5.41, 5.74) is 7.63. The summed E-state index contributed by atoms with van der Waals surface area (Å²) >= 11 is 0. The SMILES string of the molecule is Cl.N[C@@H]1CN(C(=O)C2C3C4CCC(C4)C23)C[C@H]1c1ccccc1. The van der Waals surface area contributed by atoms with Crippen LogP contribution in [0.3, 0.4) is 0 Å². The topological polar surface area (TPSA) is 46.3 Å². The molecule has 2 bridgehead atoms. The number of likely N-dealkylation sites (tertiary alicyclic amines) is 1. The Kier molecular flexibility index (Phi) is 3.69. The highest BCUT2D eigenvalue weighted by Gasteiger charge is 2.68. The van der Waals surface area contributed by atoms with Crippen LogP contribution in [-0.4, -0.2) is 29.9 Å². The molecule has 6 atom stereocenters. The fraction of sp³-hybridized carbons (Fsp3) is 0.632. The zero-order valence-electron chi connectivity index (χ0n) is 13.3. The second kappa shape index (κ2) is 5.49. The van der Waals surface area contributed by atoms with Crippen molar-refractivity contribution >= 4 is 18.3 Å². The van der Waals surface area contributed by atoms with Crippen LogP contribution < -0.4 is 5.73 Å². The quantitative estimate of drug-likeness (QED) is 0.905. The first-order valence-corrected chi connectivity index (χ1v) is 8.83. The van der Waals surface area contributed by atoms with Gasteiger partial charge in [-0.25, -0.2) is 0 Å². The molecular weight excluding hydrogens is 308 g/mol. The third-order valence-electron chi connectivity index (χ3n) is 6.92. The summed E-state index contributed by atoms with van der Waals surface area (Å²) in [4.78, 5) is 15.0. The lowest BCUT2D eigenvalue weighted by molar-refractivity contribution is -0.132. The molecule has 1 saturated heterocycles. The largest absolute Gasteiger partial charge is 0.340 e. The highest BCUT2D eigenvalue weighted by Crippen LogP contribution is 2.69. The molecule has 5 rings (SSSR count).